The monoisotopic (exact) mass is 276 g/mol. The number of sulfonamides is 1. The Labute approximate surface area is 105 Å². The molecule has 2 rings (SSSR count). The standard InChI is InChI=1S/C9H16N4O2S2/c10-2-3-13-6-9(5-11-13)17(14,15)12-8-1-4-16-7-8/h5-6,8,12H,1-4,7,10H2. The van der Waals surface area contributed by atoms with E-state index in [1.54, 1.807) is 11.8 Å². The predicted octanol–water partition coefficient (Wildman–Crippen LogP) is -0.374. The van der Waals surface area contributed by atoms with Gasteiger partial charge in [-0.3, -0.25) is 4.68 Å². The first-order valence-corrected chi connectivity index (χ1v) is 8.08. The van der Waals surface area contributed by atoms with Gasteiger partial charge in [-0.1, -0.05) is 0 Å². The average molecular weight is 276 g/mol. The minimum atomic E-state index is -3.43. The second kappa shape index (κ2) is 5.38. The molecule has 0 radical (unpaired) electrons. The lowest BCUT2D eigenvalue weighted by atomic mass is 10.3. The van der Waals surface area contributed by atoms with E-state index < -0.39 is 10.0 Å². The smallest absolute Gasteiger partial charge is 0.243 e. The van der Waals surface area contributed by atoms with Crippen LogP contribution in [0.2, 0.25) is 0 Å². The molecule has 3 N–H and O–H groups in total. The van der Waals surface area contributed by atoms with E-state index in [1.165, 1.54) is 17.1 Å². The summed E-state index contributed by atoms with van der Waals surface area (Å²) in [5.74, 6) is 1.86. The molecule has 1 aliphatic rings. The van der Waals surface area contributed by atoms with Gasteiger partial charge in [0.2, 0.25) is 10.0 Å². The summed E-state index contributed by atoms with van der Waals surface area (Å²) in [7, 11) is -3.43. The summed E-state index contributed by atoms with van der Waals surface area (Å²) in [6.07, 6.45) is 3.76. The fraction of sp³-hybridized carbons (Fsp3) is 0.667. The lowest BCUT2D eigenvalue weighted by molar-refractivity contribution is 0.562. The molecule has 17 heavy (non-hydrogen) atoms. The van der Waals surface area contributed by atoms with Crippen molar-refractivity contribution in [3.63, 3.8) is 0 Å². The third-order valence-electron chi connectivity index (χ3n) is 2.53. The molecule has 1 atom stereocenters. The van der Waals surface area contributed by atoms with E-state index >= 15 is 0 Å². The van der Waals surface area contributed by atoms with Gasteiger partial charge in [-0.2, -0.15) is 16.9 Å². The Balaban J connectivity index is 2.07. The van der Waals surface area contributed by atoms with Gasteiger partial charge in [-0.15, -0.1) is 0 Å². The van der Waals surface area contributed by atoms with E-state index in [0.29, 0.717) is 13.1 Å². The Kier molecular flexibility index (Phi) is 4.08. The van der Waals surface area contributed by atoms with Gasteiger partial charge in [-0.25, -0.2) is 13.1 Å². The second-order valence-corrected chi connectivity index (χ2v) is 6.77. The highest BCUT2D eigenvalue weighted by atomic mass is 32.2. The van der Waals surface area contributed by atoms with Crippen LogP contribution in [-0.4, -0.2) is 42.3 Å². The highest BCUT2D eigenvalue weighted by Gasteiger charge is 2.24. The van der Waals surface area contributed by atoms with Crippen LogP contribution in [0.3, 0.4) is 0 Å². The van der Waals surface area contributed by atoms with Gasteiger partial charge < -0.3 is 5.73 Å². The zero-order valence-electron chi connectivity index (χ0n) is 9.37. The molecule has 1 aliphatic heterocycles. The molecule has 0 aliphatic carbocycles. The van der Waals surface area contributed by atoms with Gasteiger partial charge >= 0.3 is 0 Å². The highest BCUT2D eigenvalue weighted by molar-refractivity contribution is 7.99. The Morgan fingerprint density at radius 2 is 2.47 bits per heavy atom. The van der Waals surface area contributed by atoms with E-state index in [-0.39, 0.29) is 10.9 Å². The summed E-state index contributed by atoms with van der Waals surface area (Å²) in [6.45, 7) is 0.961. The van der Waals surface area contributed by atoms with Crippen molar-refractivity contribution in [2.75, 3.05) is 18.1 Å². The van der Waals surface area contributed by atoms with Crippen LogP contribution in [0.15, 0.2) is 17.3 Å². The molecule has 96 valence electrons. The summed E-state index contributed by atoms with van der Waals surface area (Å²) in [5.41, 5.74) is 5.38. The van der Waals surface area contributed by atoms with E-state index in [9.17, 15) is 8.42 Å². The number of rotatable bonds is 5. The van der Waals surface area contributed by atoms with E-state index in [0.717, 1.165) is 17.9 Å². The first kappa shape index (κ1) is 12.9. The van der Waals surface area contributed by atoms with Crippen LogP contribution in [0.25, 0.3) is 0 Å². The highest BCUT2D eigenvalue weighted by Crippen LogP contribution is 2.19. The van der Waals surface area contributed by atoms with Crippen LogP contribution < -0.4 is 10.5 Å². The molecule has 1 aromatic heterocycles. The van der Waals surface area contributed by atoms with Gasteiger partial charge in [0.05, 0.1) is 12.7 Å². The van der Waals surface area contributed by atoms with Crippen LogP contribution in [-0.2, 0) is 16.6 Å². The number of thioether (sulfide) groups is 1. The summed E-state index contributed by atoms with van der Waals surface area (Å²) in [4.78, 5) is 0.211. The Hall–Kier alpha value is -0.570. The van der Waals surface area contributed by atoms with Gasteiger partial charge in [0, 0.05) is 24.5 Å². The SMILES string of the molecule is NCCn1cc(S(=O)(=O)NC2CCSC2)cn1. The largest absolute Gasteiger partial charge is 0.329 e. The third-order valence-corrected chi connectivity index (χ3v) is 5.17. The number of hydrogen-bond donors (Lipinski definition) is 2. The van der Waals surface area contributed by atoms with Crippen molar-refractivity contribution in [3.8, 4) is 0 Å². The minimum absolute atomic E-state index is 0.0443. The number of aromatic nitrogens is 2. The molecule has 0 spiro atoms. The summed E-state index contributed by atoms with van der Waals surface area (Å²) in [5, 5.41) is 3.96. The fourth-order valence-corrected chi connectivity index (χ4v) is 4.13. The number of nitrogens with zero attached hydrogens (tertiary/aromatic N) is 2. The van der Waals surface area contributed by atoms with Crippen molar-refractivity contribution < 1.29 is 8.42 Å². The lowest BCUT2D eigenvalue weighted by Crippen LogP contribution is -2.34. The maximum atomic E-state index is 12.0. The normalized spacial score (nSPS) is 20.9. The van der Waals surface area contributed by atoms with E-state index in [2.05, 4.69) is 9.82 Å². The summed E-state index contributed by atoms with van der Waals surface area (Å²) < 4.78 is 28.2. The van der Waals surface area contributed by atoms with Gasteiger partial charge in [0.1, 0.15) is 4.90 Å². The van der Waals surface area contributed by atoms with Crippen molar-refractivity contribution in [1.29, 1.82) is 0 Å². The minimum Gasteiger partial charge on any atom is -0.329 e. The maximum Gasteiger partial charge on any atom is 0.243 e. The van der Waals surface area contributed by atoms with Crippen molar-refractivity contribution in [3.05, 3.63) is 12.4 Å². The molecule has 0 bridgehead atoms. The summed E-state index contributed by atoms with van der Waals surface area (Å²) >= 11 is 1.77. The predicted molar refractivity (Wildman–Crippen MR) is 67.3 cm³/mol. The third kappa shape index (κ3) is 3.21. The number of nitrogens with two attached hydrogens (primary N) is 1. The van der Waals surface area contributed by atoms with Gasteiger partial charge in [0.15, 0.2) is 0 Å². The molecule has 1 unspecified atom stereocenters. The van der Waals surface area contributed by atoms with Gasteiger partial charge in [0.25, 0.3) is 0 Å². The molecule has 1 saturated heterocycles. The maximum absolute atomic E-state index is 12.0. The molecule has 8 heteroatoms. The van der Waals surface area contributed by atoms with Crippen LogP contribution in [0.4, 0.5) is 0 Å². The van der Waals surface area contributed by atoms with E-state index in [4.69, 9.17) is 5.73 Å². The second-order valence-electron chi connectivity index (χ2n) is 3.91. The molecule has 0 amide bonds. The molecule has 2 heterocycles. The molecule has 0 saturated carbocycles. The van der Waals surface area contributed by atoms with Crippen molar-refractivity contribution >= 4 is 21.8 Å². The Morgan fingerprint density at radius 1 is 1.65 bits per heavy atom. The van der Waals surface area contributed by atoms with Crippen LogP contribution in [0.5, 0.6) is 0 Å². The zero-order valence-corrected chi connectivity index (χ0v) is 11.0. The molecular weight excluding hydrogens is 260 g/mol. The van der Waals surface area contributed by atoms with Crippen molar-refractivity contribution in [2.45, 2.75) is 23.9 Å². The first-order valence-electron chi connectivity index (χ1n) is 5.44. The molecule has 6 nitrogen and oxygen atoms in total. The van der Waals surface area contributed by atoms with E-state index in [1.807, 2.05) is 0 Å². The molecular formula is C9H16N4O2S2. The van der Waals surface area contributed by atoms with Gasteiger partial charge in [-0.05, 0) is 12.2 Å². The first-order chi connectivity index (χ1) is 8.12. The molecule has 1 aromatic rings. The van der Waals surface area contributed by atoms with Crippen LogP contribution in [0, 0.1) is 0 Å². The lowest BCUT2D eigenvalue weighted by Gasteiger charge is -2.10. The van der Waals surface area contributed by atoms with Crippen LogP contribution in [0.1, 0.15) is 6.42 Å². The molecule has 1 fully saturated rings. The Morgan fingerprint density at radius 3 is 3.12 bits per heavy atom. The quantitative estimate of drug-likeness (QED) is 0.765. The van der Waals surface area contributed by atoms with Crippen molar-refractivity contribution in [1.82, 2.24) is 14.5 Å². The van der Waals surface area contributed by atoms with Crippen molar-refractivity contribution in [2.24, 2.45) is 5.73 Å². The topological polar surface area (TPSA) is 90.0 Å². The average Bonchev–Trinajstić information content (AvgIpc) is 2.88. The van der Waals surface area contributed by atoms with Crippen LogP contribution >= 0.6 is 11.8 Å². The fourth-order valence-electron chi connectivity index (χ4n) is 1.65. The zero-order chi connectivity index (χ0) is 12.3. The number of hydrogen-bond acceptors (Lipinski definition) is 5. The molecule has 0 aromatic carbocycles. The summed E-state index contributed by atoms with van der Waals surface area (Å²) in [6, 6.07) is 0.0443. The Bertz CT molecular complexity index is 465. The number of nitrogens with one attached hydrogen (secondary N) is 1.